The first-order valence-electron chi connectivity index (χ1n) is 10.8. The Labute approximate surface area is 198 Å². The fourth-order valence-corrected chi connectivity index (χ4v) is 3.97. The normalized spacial score (nSPS) is 11.2. The molecule has 33 heavy (non-hydrogen) atoms. The number of aromatic nitrogens is 2. The molecule has 2 aromatic carbocycles. The standard InChI is InChI=1S/C25H30N4O3S/c1-25(2,3)16-22(31)29(17-18-8-6-5-7-9-18)15-14-21(30)26-24-28-27-23(33-24)19-10-12-20(32-4)13-11-19/h5-13H,14-17H2,1-4H3,(H,26,28,30). The Hall–Kier alpha value is -3.26. The van der Waals surface area contributed by atoms with E-state index in [2.05, 4.69) is 15.5 Å². The van der Waals surface area contributed by atoms with Gasteiger partial charge >= 0.3 is 0 Å². The third-order valence-corrected chi connectivity index (χ3v) is 5.76. The quantitative estimate of drug-likeness (QED) is 0.479. The minimum atomic E-state index is -0.200. The van der Waals surface area contributed by atoms with Crippen LogP contribution in [0.25, 0.3) is 10.6 Å². The van der Waals surface area contributed by atoms with Gasteiger partial charge in [-0.25, -0.2) is 0 Å². The maximum atomic E-state index is 12.9. The van der Waals surface area contributed by atoms with Crippen LogP contribution in [0.3, 0.4) is 0 Å². The number of amides is 2. The number of anilines is 1. The number of nitrogens with zero attached hydrogens (tertiary/aromatic N) is 3. The van der Waals surface area contributed by atoms with E-state index in [0.29, 0.717) is 29.6 Å². The summed E-state index contributed by atoms with van der Waals surface area (Å²) in [7, 11) is 1.62. The number of rotatable bonds is 9. The molecule has 0 aliphatic heterocycles. The summed E-state index contributed by atoms with van der Waals surface area (Å²) >= 11 is 1.30. The zero-order valence-electron chi connectivity index (χ0n) is 19.5. The summed E-state index contributed by atoms with van der Waals surface area (Å²) in [6, 6.07) is 17.3. The number of benzene rings is 2. The van der Waals surface area contributed by atoms with Gasteiger partial charge in [0, 0.05) is 31.5 Å². The predicted octanol–water partition coefficient (Wildman–Crippen LogP) is 5.01. The topological polar surface area (TPSA) is 84.4 Å². The molecule has 0 saturated heterocycles. The van der Waals surface area contributed by atoms with E-state index < -0.39 is 0 Å². The summed E-state index contributed by atoms with van der Waals surface area (Å²) < 4.78 is 5.17. The molecule has 0 fully saturated rings. The number of methoxy groups -OCH3 is 1. The Kier molecular flexibility index (Phi) is 8.16. The van der Waals surface area contributed by atoms with Gasteiger partial charge in [0.1, 0.15) is 10.8 Å². The Bertz CT molecular complexity index is 1060. The lowest BCUT2D eigenvalue weighted by atomic mass is 9.91. The second-order valence-electron chi connectivity index (χ2n) is 8.98. The number of ether oxygens (including phenoxy) is 1. The fourth-order valence-electron chi connectivity index (χ4n) is 3.20. The van der Waals surface area contributed by atoms with Crippen LogP contribution in [0.15, 0.2) is 54.6 Å². The van der Waals surface area contributed by atoms with Crippen molar-refractivity contribution in [1.82, 2.24) is 15.1 Å². The number of nitrogens with one attached hydrogen (secondary N) is 1. The predicted molar refractivity (Wildman–Crippen MR) is 131 cm³/mol. The number of hydrogen-bond donors (Lipinski definition) is 1. The minimum Gasteiger partial charge on any atom is -0.497 e. The van der Waals surface area contributed by atoms with Crippen molar-refractivity contribution in [2.75, 3.05) is 19.0 Å². The lowest BCUT2D eigenvalue weighted by Crippen LogP contribution is -2.35. The summed E-state index contributed by atoms with van der Waals surface area (Å²) in [5.41, 5.74) is 1.81. The van der Waals surface area contributed by atoms with E-state index in [0.717, 1.165) is 16.9 Å². The first-order chi connectivity index (χ1) is 15.7. The van der Waals surface area contributed by atoms with E-state index in [1.165, 1.54) is 11.3 Å². The van der Waals surface area contributed by atoms with Crippen molar-refractivity contribution in [3.63, 3.8) is 0 Å². The number of hydrogen-bond acceptors (Lipinski definition) is 6. The van der Waals surface area contributed by atoms with Crippen LogP contribution in [0.4, 0.5) is 5.13 Å². The van der Waals surface area contributed by atoms with Crippen molar-refractivity contribution < 1.29 is 14.3 Å². The molecule has 1 heterocycles. The fraction of sp³-hybridized carbons (Fsp3) is 0.360. The maximum absolute atomic E-state index is 12.9. The van der Waals surface area contributed by atoms with E-state index in [9.17, 15) is 9.59 Å². The molecular formula is C25H30N4O3S. The molecule has 0 aliphatic carbocycles. The van der Waals surface area contributed by atoms with Crippen LogP contribution in [0.2, 0.25) is 0 Å². The second-order valence-corrected chi connectivity index (χ2v) is 9.95. The van der Waals surface area contributed by atoms with Gasteiger partial charge in [0.05, 0.1) is 7.11 Å². The van der Waals surface area contributed by atoms with Crippen molar-refractivity contribution in [2.24, 2.45) is 5.41 Å². The van der Waals surface area contributed by atoms with Crippen LogP contribution in [-0.2, 0) is 16.1 Å². The van der Waals surface area contributed by atoms with Gasteiger partial charge in [0.15, 0.2) is 0 Å². The lowest BCUT2D eigenvalue weighted by molar-refractivity contribution is -0.134. The molecule has 8 heteroatoms. The maximum Gasteiger partial charge on any atom is 0.227 e. The Morgan fingerprint density at radius 3 is 2.36 bits per heavy atom. The zero-order chi connectivity index (χ0) is 23.8. The third kappa shape index (κ3) is 7.68. The largest absolute Gasteiger partial charge is 0.497 e. The monoisotopic (exact) mass is 466 g/mol. The van der Waals surface area contributed by atoms with E-state index in [1.807, 2.05) is 75.4 Å². The van der Waals surface area contributed by atoms with E-state index in [-0.39, 0.29) is 23.7 Å². The summed E-state index contributed by atoms with van der Waals surface area (Å²) in [5.74, 6) is 0.601. The van der Waals surface area contributed by atoms with Crippen LogP contribution < -0.4 is 10.1 Å². The van der Waals surface area contributed by atoms with E-state index in [4.69, 9.17) is 4.74 Å². The van der Waals surface area contributed by atoms with Gasteiger partial charge in [-0.05, 0) is 35.2 Å². The van der Waals surface area contributed by atoms with Crippen LogP contribution in [-0.4, -0.2) is 40.6 Å². The van der Waals surface area contributed by atoms with E-state index in [1.54, 1.807) is 12.0 Å². The average Bonchev–Trinajstić information content (AvgIpc) is 3.24. The Morgan fingerprint density at radius 2 is 1.73 bits per heavy atom. The summed E-state index contributed by atoms with van der Waals surface area (Å²) in [6.07, 6.45) is 0.600. The van der Waals surface area contributed by atoms with Crippen molar-refractivity contribution >= 4 is 28.3 Å². The Morgan fingerprint density at radius 1 is 1.03 bits per heavy atom. The van der Waals surface area contributed by atoms with Gasteiger partial charge in [-0.1, -0.05) is 62.4 Å². The van der Waals surface area contributed by atoms with E-state index >= 15 is 0 Å². The third-order valence-electron chi connectivity index (χ3n) is 4.87. The molecule has 0 aliphatic rings. The first kappa shape index (κ1) is 24.4. The molecule has 7 nitrogen and oxygen atoms in total. The van der Waals surface area contributed by atoms with Crippen molar-refractivity contribution in [2.45, 2.75) is 40.2 Å². The molecule has 0 unspecified atom stereocenters. The van der Waals surface area contributed by atoms with Gasteiger partial charge in [-0.15, -0.1) is 10.2 Å². The minimum absolute atomic E-state index is 0.0388. The van der Waals surface area contributed by atoms with Crippen LogP contribution in [0, 0.1) is 5.41 Å². The highest BCUT2D eigenvalue weighted by molar-refractivity contribution is 7.18. The summed E-state index contributed by atoms with van der Waals surface area (Å²) in [6.45, 7) is 6.92. The van der Waals surface area contributed by atoms with Crippen LogP contribution in [0.5, 0.6) is 5.75 Å². The molecular weight excluding hydrogens is 436 g/mol. The smallest absolute Gasteiger partial charge is 0.227 e. The van der Waals surface area contributed by atoms with Gasteiger partial charge in [0.25, 0.3) is 0 Å². The van der Waals surface area contributed by atoms with Crippen LogP contribution in [0.1, 0.15) is 39.2 Å². The zero-order valence-corrected chi connectivity index (χ0v) is 20.3. The lowest BCUT2D eigenvalue weighted by Gasteiger charge is -2.26. The van der Waals surface area contributed by atoms with Gasteiger partial charge < -0.3 is 15.0 Å². The number of carbonyl (C=O) groups is 2. The first-order valence-corrected chi connectivity index (χ1v) is 11.6. The Balaban J connectivity index is 1.60. The summed E-state index contributed by atoms with van der Waals surface area (Å²) in [4.78, 5) is 27.2. The molecule has 1 aromatic heterocycles. The highest BCUT2D eigenvalue weighted by atomic mass is 32.1. The molecule has 0 radical (unpaired) electrons. The van der Waals surface area contributed by atoms with Gasteiger partial charge in [-0.2, -0.15) is 0 Å². The van der Waals surface area contributed by atoms with Crippen molar-refractivity contribution in [3.8, 4) is 16.3 Å². The number of carbonyl (C=O) groups excluding carboxylic acids is 2. The molecule has 2 amide bonds. The highest BCUT2D eigenvalue weighted by Crippen LogP contribution is 2.28. The highest BCUT2D eigenvalue weighted by Gasteiger charge is 2.22. The van der Waals surface area contributed by atoms with Crippen molar-refractivity contribution in [1.29, 1.82) is 0 Å². The molecule has 3 aromatic rings. The van der Waals surface area contributed by atoms with Crippen molar-refractivity contribution in [3.05, 3.63) is 60.2 Å². The molecule has 3 rings (SSSR count). The van der Waals surface area contributed by atoms with Gasteiger partial charge in [0.2, 0.25) is 16.9 Å². The van der Waals surface area contributed by atoms with Gasteiger partial charge in [-0.3, -0.25) is 9.59 Å². The molecule has 0 atom stereocenters. The molecule has 0 spiro atoms. The average molecular weight is 467 g/mol. The molecule has 0 bridgehead atoms. The van der Waals surface area contributed by atoms with Crippen LogP contribution >= 0.6 is 11.3 Å². The molecule has 174 valence electrons. The molecule has 1 N–H and O–H groups in total. The SMILES string of the molecule is COc1ccc(-c2nnc(NC(=O)CCN(Cc3ccccc3)C(=O)CC(C)(C)C)s2)cc1. The second kappa shape index (κ2) is 11.0. The summed E-state index contributed by atoms with van der Waals surface area (Å²) in [5, 5.41) is 12.2. The molecule has 0 saturated carbocycles.